The van der Waals surface area contributed by atoms with Gasteiger partial charge in [-0.3, -0.25) is 0 Å². The van der Waals surface area contributed by atoms with Crippen molar-refractivity contribution in [3.63, 3.8) is 0 Å². The van der Waals surface area contributed by atoms with Gasteiger partial charge >= 0.3 is 5.97 Å². The average Bonchev–Trinajstić information content (AvgIpc) is 2.32. The fourth-order valence-corrected chi connectivity index (χ4v) is 1.59. The van der Waals surface area contributed by atoms with Crippen molar-refractivity contribution >= 4 is 5.97 Å². The molecule has 3 atom stereocenters. The van der Waals surface area contributed by atoms with Gasteiger partial charge in [0.15, 0.2) is 0 Å². The van der Waals surface area contributed by atoms with E-state index in [1.807, 2.05) is 13.0 Å². The standard InChI is InChI=1S/C14H20O4/c1-11-5-3-2-4-6-12(15)7-8-13(16)9-10-14(17)18-11/h4,6-13,15-16H,2-3,5H2,1H3/b6-4+,8-7-,10-9+/t11-,12-,13-/m0/s1. The molecule has 1 heterocycles. The van der Waals surface area contributed by atoms with Gasteiger partial charge in [-0.1, -0.05) is 24.3 Å². The second-order valence-electron chi connectivity index (χ2n) is 4.33. The summed E-state index contributed by atoms with van der Waals surface area (Å²) in [6.07, 6.45) is 9.74. The lowest BCUT2D eigenvalue weighted by molar-refractivity contribution is -0.142. The van der Waals surface area contributed by atoms with Crippen molar-refractivity contribution in [1.29, 1.82) is 0 Å². The van der Waals surface area contributed by atoms with Crippen molar-refractivity contribution in [1.82, 2.24) is 0 Å². The number of aliphatic hydroxyl groups excluding tert-OH is 2. The molecule has 18 heavy (non-hydrogen) atoms. The smallest absolute Gasteiger partial charge is 0.330 e. The Kier molecular flexibility index (Phi) is 6.39. The number of hydrogen-bond donors (Lipinski definition) is 2. The zero-order chi connectivity index (χ0) is 13.4. The van der Waals surface area contributed by atoms with Crippen molar-refractivity contribution in [2.75, 3.05) is 0 Å². The van der Waals surface area contributed by atoms with Crippen LogP contribution in [0.1, 0.15) is 26.2 Å². The Morgan fingerprint density at radius 3 is 2.56 bits per heavy atom. The predicted octanol–water partition coefficient (Wildman–Crippen LogP) is 1.49. The van der Waals surface area contributed by atoms with Crippen molar-refractivity contribution in [3.8, 4) is 0 Å². The molecule has 0 fully saturated rings. The zero-order valence-corrected chi connectivity index (χ0v) is 10.5. The van der Waals surface area contributed by atoms with Crippen molar-refractivity contribution < 1.29 is 19.7 Å². The first-order valence-corrected chi connectivity index (χ1v) is 6.18. The number of carbonyl (C=O) groups excluding carboxylic acids is 1. The molecule has 1 aliphatic rings. The molecule has 0 radical (unpaired) electrons. The number of ether oxygens (including phenoxy) is 1. The number of esters is 1. The van der Waals surface area contributed by atoms with Gasteiger partial charge in [0.2, 0.25) is 0 Å². The summed E-state index contributed by atoms with van der Waals surface area (Å²) in [7, 11) is 0. The molecule has 1 aliphatic heterocycles. The minimum atomic E-state index is -0.904. The van der Waals surface area contributed by atoms with E-state index in [1.165, 1.54) is 24.3 Å². The molecule has 0 amide bonds. The molecule has 0 spiro atoms. The van der Waals surface area contributed by atoms with Gasteiger partial charge in [-0.15, -0.1) is 0 Å². The van der Waals surface area contributed by atoms with Gasteiger partial charge in [-0.25, -0.2) is 4.79 Å². The van der Waals surface area contributed by atoms with Crippen LogP contribution in [0.15, 0.2) is 36.5 Å². The first-order valence-electron chi connectivity index (χ1n) is 6.18. The highest BCUT2D eigenvalue weighted by Gasteiger charge is 2.07. The minimum absolute atomic E-state index is 0.143. The number of carbonyl (C=O) groups is 1. The van der Waals surface area contributed by atoms with Gasteiger partial charge in [0.05, 0.1) is 18.3 Å². The number of cyclic esters (lactones) is 1. The van der Waals surface area contributed by atoms with Crippen LogP contribution in [0.25, 0.3) is 0 Å². The quantitative estimate of drug-likeness (QED) is 0.506. The molecule has 0 saturated heterocycles. The molecular formula is C14H20O4. The summed E-state index contributed by atoms with van der Waals surface area (Å²) < 4.78 is 5.13. The van der Waals surface area contributed by atoms with E-state index in [9.17, 15) is 15.0 Å². The second-order valence-corrected chi connectivity index (χ2v) is 4.33. The topological polar surface area (TPSA) is 66.8 Å². The first-order chi connectivity index (χ1) is 8.58. The molecule has 0 bridgehead atoms. The van der Waals surface area contributed by atoms with Crippen LogP contribution in [0.5, 0.6) is 0 Å². The van der Waals surface area contributed by atoms with Gasteiger partial charge in [0.1, 0.15) is 0 Å². The van der Waals surface area contributed by atoms with Gasteiger partial charge in [-0.05, 0) is 32.3 Å². The van der Waals surface area contributed by atoms with Crippen molar-refractivity contribution in [3.05, 3.63) is 36.5 Å². The largest absolute Gasteiger partial charge is 0.460 e. The van der Waals surface area contributed by atoms with E-state index in [0.29, 0.717) is 0 Å². The SMILES string of the molecule is C[C@H]1CCC/C=C/[C@H](O)/C=C\[C@H](O)/C=C/C(=O)O1. The van der Waals surface area contributed by atoms with Gasteiger partial charge in [-0.2, -0.15) is 0 Å². The van der Waals surface area contributed by atoms with E-state index in [0.717, 1.165) is 19.3 Å². The fourth-order valence-electron chi connectivity index (χ4n) is 1.59. The minimum Gasteiger partial charge on any atom is -0.460 e. The summed E-state index contributed by atoms with van der Waals surface area (Å²) >= 11 is 0. The molecular weight excluding hydrogens is 232 g/mol. The molecule has 0 aromatic heterocycles. The highest BCUT2D eigenvalue weighted by molar-refractivity contribution is 5.82. The molecule has 100 valence electrons. The van der Waals surface area contributed by atoms with Gasteiger partial charge < -0.3 is 14.9 Å². The number of aliphatic hydroxyl groups is 2. The molecule has 1 rings (SSSR count). The van der Waals surface area contributed by atoms with Gasteiger partial charge in [0.25, 0.3) is 0 Å². The van der Waals surface area contributed by atoms with E-state index in [-0.39, 0.29) is 6.10 Å². The van der Waals surface area contributed by atoms with Crippen molar-refractivity contribution in [2.24, 2.45) is 0 Å². The van der Waals surface area contributed by atoms with E-state index in [4.69, 9.17) is 4.74 Å². The highest BCUT2D eigenvalue weighted by Crippen LogP contribution is 2.07. The second kappa shape index (κ2) is 7.84. The number of hydrogen-bond acceptors (Lipinski definition) is 4. The molecule has 0 unspecified atom stereocenters. The van der Waals surface area contributed by atoms with Crippen LogP contribution >= 0.6 is 0 Å². The summed E-state index contributed by atoms with van der Waals surface area (Å²) in [5, 5.41) is 19.0. The Bertz CT molecular complexity index is 344. The fraction of sp³-hybridized carbons (Fsp3) is 0.500. The lowest BCUT2D eigenvalue weighted by Gasteiger charge is -2.11. The summed E-state index contributed by atoms with van der Waals surface area (Å²) in [5.74, 6) is -0.455. The van der Waals surface area contributed by atoms with Crippen LogP contribution in [0.4, 0.5) is 0 Å². The third-order valence-corrected chi connectivity index (χ3v) is 2.57. The predicted molar refractivity (Wildman–Crippen MR) is 68.8 cm³/mol. The van der Waals surface area contributed by atoms with E-state index < -0.39 is 18.2 Å². The van der Waals surface area contributed by atoms with E-state index in [1.54, 1.807) is 6.08 Å². The van der Waals surface area contributed by atoms with Crippen LogP contribution in [0, 0.1) is 0 Å². The maximum absolute atomic E-state index is 11.4. The molecule has 0 aromatic rings. The third-order valence-electron chi connectivity index (χ3n) is 2.57. The van der Waals surface area contributed by atoms with E-state index >= 15 is 0 Å². The number of allylic oxidation sites excluding steroid dienone is 1. The Labute approximate surface area is 107 Å². The Hall–Kier alpha value is -1.39. The Balaban J connectivity index is 2.69. The van der Waals surface area contributed by atoms with Crippen LogP contribution in [0.3, 0.4) is 0 Å². The summed E-state index contributed by atoms with van der Waals surface area (Å²) in [6.45, 7) is 1.84. The first kappa shape index (κ1) is 14.7. The Morgan fingerprint density at radius 1 is 1.17 bits per heavy atom. The normalized spacial score (nSPS) is 36.2. The maximum Gasteiger partial charge on any atom is 0.330 e. The molecule has 2 N–H and O–H groups in total. The summed E-state index contributed by atoms with van der Waals surface area (Å²) in [6, 6.07) is 0. The van der Waals surface area contributed by atoms with Crippen LogP contribution in [0.2, 0.25) is 0 Å². The van der Waals surface area contributed by atoms with Crippen LogP contribution in [-0.4, -0.2) is 34.5 Å². The van der Waals surface area contributed by atoms with Gasteiger partial charge in [0, 0.05) is 6.08 Å². The monoisotopic (exact) mass is 252 g/mol. The molecule has 0 aliphatic carbocycles. The zero-order valence-electron chi connectivity index (χ0n) is 10.5. The summed E-state index contributed by atoms with van der Waals surface area (Å²) in [5.41, 5.74) is 0. The summed E-state index contributed by atoms with van der Waals surface area (Å²) in [4.78, 5) is 11.4. The van der Waals surface area contributed by atoms with Crippen LogP contribution in [-0.2, 0) is 9.53 Å². The molecule has 0 aromatic carbocycles. The lowest BCUT2D eigenvalue weighted by atomic mass is 10.1. The Morgan fingerprint density at radius 2 is 1.83 bits per heavy atom. The number of rotatable bonds is 0. The molecule has 4 heteroatoms. The lowest BCUT2D eigenvalue weighted by Crippen LogP contribution is -2.13. The van der Waals surface area contributed by atoms with Crippen LogP contribution < -0.4 is 0 Å². The van der Waals surface area contributed by atoms with E-state index in [2.05, 4.69) is 0 Å². The third kappa shape index (κ3) is 6.37. The molecule has 4 nitrogen and oxygen atoms in total. The maximum atomic E-state index is 11.4. The molecule has 0 saturated carbocycles. The average molecular weight is 252 g/mol. The van der Waals surface area contributed by atoms with Crippen molar-refractivity contribution in [2.45, 2.75) is 44.5 Å². The highest BCUT2D eigenvalue weighted by atomic mass is 16.5.